The van der Waals surface area contributed by atoms with Crippen molar-refractivity contribution in [3.63, 3.8) is 0 Å². The number of nitrogens with one attached hydrogen (secondary N) is 1. The minimum Gasteiger partial charge on any atom is -0.496 e. The highest BCUT2D eigenvalue weighted by Gasteiger charge is 2.08. The van der Waals surface area contributed by atoms with Crippen molar-refractivity contribution in [1.29, 1.82) is 0 Å². The lowest BCUT2D eigenvalue weighted by Gasteiger charge is -2.08. The number of amides is 1. The van der Waals surface area contributed by atoms with Crippen LogP contribution < -0.4 is 14.9 Å². The number of carbonyl (C=O) groups is 1. The number of hydrogen-bond donors (Lipinski definition) is 1. The molecule has 3 aromatic rings. The van der Waals surface area contributed by atoms with Crippen LogP contribution in [0.4, 0.5) is 0 Å². The smallest absolute Gasteiger partial charge is 0.271 e. The number of methoxy groups -OCH3 is 2. The monoisotopic (exact) mass is 412 g/mol. The third kappa shape index (κ3) is 3.70. The first-order valence-electron chi connectivity index (χ1n) is 7.86. The zero-order valence-electron chi connectivity index (χ0n) is 14.3. The van der Waals surface area contributed by atoms with E-state index >= 15 is 0 Å². The van der Waals surface area contributed by atoms with Gasteiger partial charge in [0.15, 0.2) is 0 Å². The van der Waals surface area contributed by atoms with Gasteiger partial charge in [0.2, 0.25) is 0 Å². The van der Waals surface area contributed by atoms with Crippen molar-refractivity contribution in [2.75, 3.05) is 14.2 Å². The van der Waals surface area contributed by atoms with Gasteiger partial charge in [-0.05, 0) is 51.6 Å². The van der Waals surface area contributed by atoms with Gasteiger partial charge in [-0.3, -0.25) is 4.79 Å². The lowest BCUT2D eigenvalue weighted by molar-refractivity contribution is 0.0955. The van der Waals surface area contributed by atoms with Gasteiger partial charge in [0, 0.05) is 16.5 Å². The van der Waals surface area contributed by atoms with Crippen LogP contribution in [0.25, 0.3) is 10.8 Å². The molecule has 0 spiro atoms. The molecule has 0 saturated heterocycles. The topological polar surface area (TPSA) is 59.9 Å². The minimum absolute atomic E-state index is 0.303. The number of halogens is 1. The summed E-state index contributed by atoms with van der Waals surface area (Å²) in [5, 5.41) is 6.07. The van der Waals surface area contributed by atoms with Crippen LogP contribution in [0, 0.1) is 0 Å². The molecular formula is C20H17BrN2O3. The molecule has 0 bridgehead atoms. The van der Waals surface area contributed by atoms with E-state index in [1.54, 1.807) is 38.6 Å². The molecule has 1 N–H and O–H groups in total. The Balaban J connectivity index is 1.80. The Labute approximate surface area is 159 Å². The van der Waals surface area contributed by atoms with Crippen LogP contribution >= 0.6 is 15.9 Å². The van der Waals surface area contributed by atoms with Crippen LogP contribution in [0.5, 0.6) is 11.5 Å². The summed E-state index contributed by atoms with van der Waals surface area (Å²) in [5.41, 5.74) is 3.91. The van der Waals surface area contributed by atoms with Crippen LogP contribution in [0.1, 0.15) is 15.9 Å². The number of fused-ring (bicyclic) bond motifs is 1. The van der Waals surface area contributed by atoms with Gasteiger partial charge < -0.3 is 9.47 Å². The quantitative estimate of drug-likeness (QED) is 0.499. The summed E-state index contributed by atoms with van der Waals surface area (Å²) < 4.78 is 11.3. The molecule has 0 unspecified atom stereocenters. The summed E-state index contributed by atoms with van der Waals surface area (Å²) in [5.74, 6) is 1.15. The van der Waals surface area contributed by atoms with E-state index in [0.29, 0.717) is 15.8 Å². The van der Waals surface area contributed by atoms with Crippen molar-refractivity contribution in [2.45, 2.75) is 0 Å². The Morgan fingerprint density at radius 3 is 2.38 bits per heavy atom. The molecule has 1 amide bonds. The highest BCUT2D eigenvalue weighted by molar-refractivity contribution is 9.10. The number of benzene rings is 3. The van der Waals surface area contributed by atoms with Gasteiger partial charge in [0.05, 0.1) is 24.9 Å². The van der Waals surface area contributed by atoms with Crippen LogP contribution in [0.2, 0.25) is 0 Å². The van der Waals surface area contributed by atoms with Crippen molar-refractivity contribution < 1.29 is 14.3 Å². The van der Waals surface area contributed by atoms with Crippen LogP contribution in [0.3, 0.4) is 0 Å². The van der Waals surface area contributed by atoms with E-state index in [9.17, 15) is 4.79 Å². The maximum atomic E-state index is 12.2. The average molecular weight is 413 g/mol. The molecular weight excluding hydrogens is 396 g/mol. The van der Waals surface area contributed by atoms with E-state index in [1.165, 1.54) is 0 Å². The fourth-order valence-corrected chi connectivity index (χ4v) is 3.16. The first kappa shape index (κ1) is 17.9. The molecule has 0 heterocycles. The molecule has 3 aromatic carbocycles. The van der Waals surface area contributed by atoms with E-state index in [1.807, 2.05) is 36.4 Å². The summed E-state index contributed by atoms with van der Waals surface area (Å²) in [7, 11) is 3.21. The molecule has 0 fully saturated rings. The van der Waals surface area contributed by atoms with Gasteiger partial charge in [-0.2, -0.15) is 5.10 Å². The predicted molar refractivity (Wildman–Crippen MR) is 106 cm³/mol. The van der Waals surface area contributed by atoms with E-state index in [0.717, 1.165) is 22.1 Å². The van der Waals surface area contributed by atoms with E-state index < -0.39 is 0 Å². The number of hydrazone groups is 1. The average Bonchev–Trinajstić information content (AvgIpc) is 2.67. The molecule has 3 rings (SSSR count). The molecule has 0 aromatic heterocycles. The zero-order chi connectivity index (χ0) is 18.5. The second-order valence-corrected chi connectivity index (χ2v) is 6.31. The molecule has 132 valence electrons. The van der Waals surface area contributed by atoms with Crippen LogP contribution in [-0.2, 0) is 0 Å². The fourth-order valence-electron chi connectivity index (χ4n) is 2.62. The molecule has 0 aliphatic heterocycles. The number of rotatable bonds is 5. The van der Waals surface area contributed by atoms with E-state index in [-0.39, 0.29) is 5.91 Å². The molecule has 26 heavy (non-hydrogen) atoms. The summed E-state index contributed by atoms with van der Waals surface area (Å²) in [6.07, 6.45) is 1.62. The molecule has 0 aliphatic rings. The Kier molecular flexibility index (Phi) is 5.53. The Morgan fingerprint density at radius 1 is 1.00 bits per heavy atom. The molecule has 0 aliphatic carbocycles. The molecule has 5 nitrogen and oxygen atoms in total. The van der Waals surface area contributed by atoms with Crippen molar-refractivity contribution in [2.24, 2.45) is 5.10 Å². The second-order valence-electron chi connectivity index (χ2n) is 5.45. The molecule has 0 radical (unpaired) electrons. The van der Waals surface area contributed by atoms with Gasteiger partial charge in [0.1, 0.15) is 11.5 Å². The Bertz CT molecular complexity index is 986. The number of nitrogens with zero attached hydrogens (tertiary/aromatic N) is 1. The Hall–Kier alpha value is -2.86. The van der Waals surface area contributed by atoms with Gasteiger partial charge in [-0.1, -0.05) is 24.3 Å². The summed E-state index contributed by atoms with van der Waals surface area (Å²) >= 11 is 3.37. The van der Waals surface area contributed by atoms with Crippen LogP contribution in [0.15, 0.2) is 64.2 Å². The summed E-state index contributed by atoms with van der Waals surface area (Å²) in [6.45, 7) is 0. The van der Waals surface area contributed by atoms with Gasteiger partial charge >= 0.3 is 0 Å². The largest absolute Gasteiger partial charge is 0.496 e. The maximum Gasteiger partial charge on any atom is 0.271 e. The third-order valence-electron chi connectivity index (χ3n) is 3.92. The SMILES string of the molecule is COc1ccc(C(=O)N/N=C/c2ccc(OC)c3ccccc23)cc1Br. The lowest BCUT2D eigenvalue weighted by atomic mass is 10.0. The standard InChI is InChI=1S/C20H17BrN2O3/c1-25-18-9-8-14(15-5-3-4-6-16(15)18)12-22-23-20(24)13-7-10-19(26-2)17(21)11-13/h3-12H,1-2H3,(H,23,24)/b22-12+. The van der Waals surface area contributed by atoms with E-state index in [4.69, 9.17) is 9.47 Å². The predicted octanol–water partition coefficient (Wildman–Crippen LogP) is 4.38. The molecule has 0 atom stereocenters. The first-order chi connectivity index (χ1) is 12.6. The normalized spacial score (nSPS) is 10.9. The number of carbonyl (C=O) groups excluding carboxylic acids is 1. The summed E-state index contributed by atoms with van der Waals surface area (Å²) in [4.78, 5) is 12.2. The van der Waals surface area contributed by atoms with Crippen molar-refractivity contribution >= 4 is 38.8 Å². The highest BCUT2D eigenvalue weighted by Crippen LogP contribution is 2.27. The van der Waals surface area contributed by atoms with Crippen molar-refractivity contribution in [3.8, 4) is 11.5 Å². The summed E-state index contributed by atoms with van der Waals surface area (Å²) in [6, 6.07) is 16.7. The third-order valence-corrected chi connectivity index (χ3v) is 4.54. The molecule has 0 saturated carbocycles. The Morgan fingerprint density at radius 2 is 1.69 bits per heavy atom. The number of ether oxygens (including phenoxy) is 2. The zero-order valence-corrected chi connectivity index (χ0v) is 15.9. The van der Waals surface area contributed by atoms with Crippen molar-refractivity contribution in [1.82, 2.24) is 5.43 Å². The van der Waals surface area contributed by atoms with Gasteiger partial charge in [-0.25, -0.2) is 5.43 Å². The van der Waals surface area contributed by atoms with E-state index in [2.05, 4.69) is 26.5 Å². The van der Waals surface area contributed by atoms with Gasteiger partial charge in [-0.15, -0.1) is 0 Å². The molecule has 6 heteroatoms. The fraction of sp³-hybridized carbons (Fsp3) is 0.100. The highest BCUT2D eigenvalue weighted by atomic mass is 79.9. The second kappa shape index (κ2) is 8.01. The minimum atomic E-state index is -0.303. The number of hydrogen-bond acceptors (Lipinski definition) is 4. The van der Waals surface area contributed by atoms with Gasteiger partial charge in [0.25, 0.3) is 5.91 Å². The lowest BCUT2D eigenvalue weighted by Crippen LogP contribution is -2.17. The first-order valence-corrected chi connectivity index (χ1v) is 8.66. The van der Waals surface area contributed by atoms with Crippen LogP contribution in [-0.4, -0.2) is 26.3 Å². The van der Waals surface area contributed by atoms with Crippen molar-refractivity contribution in [3.05, 3.63) is 70.2 Å². The maximum absolute atomic E-state index is 12.2.